The van der Waals surface area contributed by atoms with E-state index in [4.69, 9.17) is 4.74 Å². The SMILES string of the molecule is CCCCCCC(C)Oc1cc(C(C)NC)ccn1. The van der Waals surface area contributed by atoms with Crippen LogP contribution in [0.2, 0.25) is 0 Å². The minimum Gasteiger partial charge on any atom is -0.475 e. The standard InChI is InChI=1S/C16H28N2O/c1-5-6-7-8-9-13(2)19-16-12-15(10-11-18-16)14(3)17-4/h10-14,17H,5-9H2,1-4H3. The van der Waals surface area contributed by atoms with Crippen LogP contribution in [0.4, 0.5) is 0 Å². The van der Waals surface area contributed by atoms with Crippen LogP contribution in [-0.4, -0.2) is 18.1 Å². The molecule has 3 heteroatoms. The Hall–Kier alpha value is -1.09. The summed E-state index contributed by atoms with van der Waals surface area (Å²) in [6.45, 7) is 6.49. The Labute approximate surface area is 117 Å². The van der Waals surface area contributed by atoms with Gasteiger partial charge in [-0.25, -0.2) is 4.98 Å². The first-order valence-electron chi connectivity index (χ1n) is 7.47. The molecular weight excluding hydrogens is 236 g/mol. The van der Waals surface area contributed by atoms with Gasteiger partial charge in [0.1, 0.15) is 0 Å². The van der Waals surface area contributed by atoms with E-state index in [0.29, 0.717) is 6.04 Å². The Morgan fingerprint density at radius 2 is 2.05 bits per heavy atom. The van der Waals surface area contributed by atoms with Crippen molar-refractivity contribution in [2.45, 2.75) is 65.0 Å². The number of nitrogens with zero attached hydrogens (tertiary/aromatic N) is 1. The van der Waals surface area contributed by atoms with Gasteiger partial charge in [0, 0.05) is 18.3 Å². The summed E-state index contributed by atoms with van der Waals surface area (Å²) in [4.78, 5) is 4.29. The zero-order valence-corrected chi connectivity index (χ0v) is 12.8. The molecular formula is C16H28N2O. The Bertz CT molecular complexity index is 354. The Morgan fingerprint density at radius 1 is 1.26 bits per heavy atom. The van der Waals surface area contributed by atoms with Gasteiger partial charge >= 0.3 is 0 Å². The maximum absolute atomic E-state index is 5.89. The van der Waals surface area contributed by atoms with E-state index in [9.17, 15) is 0 Å². The molecule has 0 fully saturated rings. The van der Waals surface area contributed by atoms with Crippen LogP contribution in [0, 0.1) is 0 Å². The maximum Gasteiger partial charge on any atom is 0.213 e. The van der Waals surface area contributed by atoms with Crippen molar-refractivity contribution in [3.8, 4) is 5.88 Å². The van der Waals surface area contributed by atoms with Gasteiger partial charge in [0.2, 0.25) is 5.88 Å². The van der Waals surface area contributed by atoms with E-state index in [1.165, 1.54) is 31.2 Å². The highest BCUT2D eigenvalue weighted by atomic mass is 16.5. The third-order valence-electron chi connectivity index (χ3n) is 3.48. The van der Waals surface area contributed by atoms with Gasteiger partial charge in [-0.3, -0.25) is 0 Å². The summed E-state index contributed by atoms with van der Waals surface area (Å²) in [5, 5.41) is 3.23. The van der Waals surface area contributed by atoms with Crippen LogP contribution in [0.1, 0.15) is 64.5 Å². The van der Waals surface area contributed by atoms with E-state index in [1.807, 2.05) is 25.4 Å². The average Bonchev–Trinajstić information content (AvgIpc) is 2.43. The maximum atomic E-state index is 5.89. The van der Waals surface area contributed by atoms with Gasteiger partial charge in [-0.2, -0.15) is 0 Å². The van der Waals surface area contributed by atoms with Crippen molar-refractivity contribution in [3.63, 3.8) is 0 Å². The summed E-state index contributed by atoms with van der Waals surface area (Å²) in [5.41, 5.74) is 1.21. The molecule has 0 saturated carbocycles. The molecule has 0 aliphatic rings. The fraction of sp³-hybridized carbons (Fsp3) is 0.688. The van der Waals surface area contributed by atoms with Crippen molar-refractivity contribution in [2.75, 3.05) is 7.05 Å². The molecule has 0 aliphatic carbocycles. The summed E-state index contributed by atoms with van der Waals surface area (Å²) < 4.78 is 5.89. The topological polar surface area (TPSA) is 34.1 Å². The molecule has 1 rings (SSSR count). The number of hydrogen-bond donors (Lipinski definition) is 1. The fourth-order valence-electron chi connectivity index (χ4n) is 2.05. The molecule has 2 atom stereocenters. The van der Waals surface area contributed by atoms with Gasteiger partial charge in [-0.1, -0.05) is 26.2 Å². The molecule has 108 valence electrons. The number of nitrogens with one attached hydrogen (secondary N) is 1. The van der Waals surface area contributed by atoms with Crippen molar-refractivity contribution in [3.05, 3.63) is 23.9 Å². The largest absolute Gasteiger partial charge is 0.475 e. The zero-order chi connectivity index (χ0) is 14.1. The molecule has 0 radical (unpaired) electrons. The Balaban J connectivity index is 2.43. The molecule has 0 bridgehead atoms. The molecule has 1 heterocycles. The number of aromatic nitrogens is 1. The highest BCUT2D eigenvalue weighted by Gasteiger charge is 2.08. The van der Waals surface area contributed by atoms with Crippen molar-refractivity contribution in [1.82, 2.24) is 10.3 Å². The fourth-order valence-corrected chi connectivity index (χ4v) is 2.05. The van der Waals surface area contributed by atoms with Crippen molar-refractivity contribution >= 4 is 0 Å². The summed E-state index contributed by atoms with van der Waals surface area (Å²) in [6.07, 6.45) is 8.30. The minimum absolute atomic E-state index is 0.240. The van der Waals surface area contributed by atoms with Crippen molar-refractivity contribution in [2.24, 2.45) is 0 Å². The van der Waals surface area contributed by atoms with Crippen LogP contribution in [0.15, 0.2) is 18.3 Å². The predicted molar refractivity (Wildman–Crippen MR) is 80.6 cm³/mol. The van der Waals surface area contributed by atoms with E-state index in [0.717, 1.165) is 12.3 Å². The quantitative estimate of drug-likeness (QED) is 0.682. The molecule has 0 saturated heterocycles. The molecule has 1 N–H and O–H groups in total. The summed E-state index contributed by atoms with van der Waals surface area (Å²) in [5.74, 6) is 0.739. The van der Waals surface area contributed by atoms with E-state index >= 15 is 0 Å². The molecule has 0 spiro atoms. The van der Waals surface area contributed by atoms with Gasteiger partial charge < -0.3 is 10.1 Å². The number of pyridine rings is 1. The first-order chi connectivity index (χ1) is 9.17. The second-order valence-corrected chi connectivity index (χ2v) is 5.22. The Morgan fingerprint density at radius 3 is 2.74 bits per heavy atom. The molecule has 1 aromatic rings. The number of ether oxygens (including phenoxy) is 1. The van der Waals surface area contributed by atoms with Crippen LogP contribution in [0.25, 0.3) is 0 Å². The third-order valence-corrected chi connectivity index (χ3v) is 3.48. The molecule has 2 unspecified atom stereocenters. The van der Waals surface area contributed by atoms with Crippen LogP contribution < -0.4 is 10.1 Å². The summed E-state index contributed by atoms with van der Waals surface area (Å²) >= 11 is 0. The first-order valence-corrected chi connectivity index (χ1v) is 7.47. The molecule has 1 aromatic heterocycles. The van der Waals surface area contributed by atoms with Crippen molar-refractivity contribution in [1.29, 1.82) is 0 Å². The third kappa shape index (κ3) is 6.06. The van der Waals surface area contributed by atoms with Crippen LogP contribution in [0.5, 0.6) is 5.88 Å². The van der Waals surface area contributed by atoms with Crippen LogP contribution in [-0.2, 0) is 0 Å². The monoisotopic (exact) mass is 264 g/mol. The van der Waals surface area contributed by atoms with Crippen molar-refractivity contribution < 1.29 is 4.74 Å². The normalized spacial score (nSPS) is 14.1. The highest BCUT2D eigenvalue weighted by molar-refractivity contribution is 5.23. The van der Waals surface area contributed by atoms with E-state index in [1.54, 1.807) is 0 Å². The lowest BCUT2D eigenvalue weighted by atomic mass is 10.1. The number of unbranched alkanes of at least 4 members (excludes halogenated alkanes) is 3. The van der Waals surface area contributed by atoms with E-state index in [2.05, 4.69) is 31.1 Å². The lowest BCUT2D eigenvalue weighted by Gasteiger charge is -2.16. The smallest absolute Gasteiger partial charge is 0.213 e. The average molecular weight is 264 g/mol. The van der Waals surface area contributed by atoms with E-state index < -0.39 is 0 Å². The second kappa shape index (κ2) is 8.92. The molecule has 0 aliphatic heterocycles. The summed E-state index contributed by atoms with van der Waals surface area (Å²) in [7, 11) is 1.96. The van der Waals surface area contributed by atoms with Gasteiger partial charge in [0.05, 0.1) is 6.10 Å². The first kappa shape index (κ1) is 16.0. The minimum atomic E-state index is 0.240. The highest BCUT2D eigenvalue weighted by Crippen LogP contribution is 2.18. The number of hydrogen-bond acceptors (Lipinski definition) is 3. The molecule has 0 amide bonds. The Kier molecular flexibility index (Phi) is 7.49. The predicted octanol–water partition coefficient (Wildman–Crippen LogP) is 4.10. The summed E-state index contributed by atoms with van der Waals surface area (Å²) in [6, 6.07) is 4.38. The van der Waals surface area contributed by atoms with Gasteiger partial charge in [0.25, 0.3) is 0 Å². The van der Waals surface area contributed by atoms with Gasteiger partial charge in [-0.05, 0) is 45.4 Å². The lowest BCUT2D eigenvalue weighted by Crippen LogP contribution is -2.15. The van der Waals surface area contributed by atoms with Gasteiger partial charge in [0.15, 0.2) is 0 Å². The second-order valence-electron chi connectivity index (χ2n) is 5.22. The lowest BCUT2D eigenvalue weighted by molar-refractivity contribution is 0.198. The van der Waals surface area contributed by atoms with Crippen LogP contribution in [0.3, 0.4) is 0 Å². The van der Waals surface area contributed by atoms with Gasteiger partial charge in [-0.15, -0.1) is 0 Å². The number of rotatable bonds is 9. The van der Waals surface area contributed by atoms with Crippen LogP contribution >= 0.6 is 0 Å². The molecule has 19 heavy (non-hydrogen) atoms. The van der Waals surface area contributed by atoms with E-state index in [-0.39, 0.29) is 6.10 Å². The zero-order valence-electron chi connectivity index (χ0n) is 12.8. The molecule has 3 nitrogen and oxygen atoms in total. The molecule has 0 aromatic carbocycles.